The minimum atomic E-state index is -0.214. The van der Waals surface area contributed by atoms with Crippen LogP contribution in [0.4, 0.5) is 0 Å². The number of hydrogen-bond acceptors (Lipinski definition) is 6. The Hall–Kier alpha value is -2.77. The molecule has 0 aliphatic heterocycles. The lowest BCUT2D eigenvalue weighted by atomic mass is 10.1. The Morgan fingerprint density at radius 3 is 2.27 bits per heavy atom. The quantitative estimate of drug-likeness (QED) is 0.539. The molecular weight excluding hydrogens is 424 g/mol. The number of carbonyl (C=O) groups is 1. The lowest BCUT2D eigenvalue weighted by Crippen LogP contribution is -2.25. The molecule has 3 rings (SSSR count). The Balaban J connectivity index is 1.67. The van der Waals surface area contributed by atoms with Crippen LogP contribution >= 0.6 is 22.9 Å². The van der Waals surface area contributed by atoms with E-state index in [1.165, 1.54) is 21.3 Å². The first kappa shape index (κ1) is 21.9. The molecule has 0 aliphatic carbocycles. The summed E-state index contributed by atoms with van der Waals surface area (Å²) < 4.78 is 15.9. The van der Waals surface area contributed by atoms with E-state index in [4.69, 9.17) is 25.8 Å². The van der Waals surface area contributed by atoms with Crippen molar-refractivity contribution in [3.63, 3.8) is 0 Å². The van der Waals surface area contributed by atoms with Gasteiger partial charge in [0.15, 0.2) is 11.5 Å². The van der Waals surface area contributed by atoms with E-state index in [1.807, 2.05) is 31.2 Å². The van der Waals surface area contributed by atoms with Crippen LogP contribution in [0.1, 0.15) is 20.9 Å². The van der Waals surface area contributed by atoms with E-state index in [0.717, 1.165) is 21.1 Å². The molecule has 0 fully saturated rings. The highest BCUT2D eigenvalue weighted by atomic mass is 35.5. The zero-order chi connectivity index (χ0) is 21.7. The van der Waals surface area contributed by atoms with E-state index in [-0.39, 0.29) is 5.91 Å². The number of aromatic nitrogens is 1. The molecule has 8 heteroatoms. The molecule has 30 heavy (non-hydrogen) atoms. The fourth-order valence-corrected chi connectivity index (χ4v) is 4.17. The molecule has 3 aromatic rings. The molecule has 0 saturated carbocycles. The SMILES string of the molecule is COc1cc(C(=O)NCCc2sc(-c3ccc(Cl)cc3)nc2C)cc(OC)c1OC. The van der Waals surface area contributed by atoms with Crippen molar-refractivity contribution in [3.8, 4) is 27.8 Å². The standard InChI is InChI=1S/C22H23ClN2O4S/c1-13-19(30-22(25-13)14-5-7-16(23)8-6-14)9-10-24-21(26)15-11-17(27-2)20(29-4)18(12-15)28-3/h5-8,11-12H,9-10H2,1-4H3,(H,24,26). The van der Waals surface area contributed by atoms with Crippen LogP contribution in [0.2, 0.25) is 5.02 Å². The number of nitrogens with zero attached hydrogens (tertiary/aromatic N) is 1. The van der Waals surface area contributed by atoms with Crippen LogP contribution in [-0.2, 0) is 6.42 Å². The van der Waals surface area contributed by atoms with Crippen LogP contribution in [-0.4, -0.2) is 38.8 Å². The predicted molar refractivity (Wildman–Crippen MR) is 119 cm³/mol. The van der Waals surface area contributed by atoms with Crippen LogP contribution in [0, 0.1) is 6.92 Å². The smallest absolute Gasteiger partial charge is 0.251 e. The molecule has 1 amide bonds. The molecule has 0 atom stereocenters. The van der Waals surface area contributed by atoms with Gasteiger partial charge in [-0.15, -0.1) is 11.3 Å². The van der Waals surface area contributed by atoms with Crippen molar-refractivity contribution < 1.29 is 19.0 Å². The summed E-state index contributed by atoms with van der Waals surface area (Å²) in [6.45, 7) is 2.46. The molecule has 1 heterocycles. The fraction of sp³-hybridized carbons (Fsp3) is 0.273. The summed E-state index contributed by atoms with van der Waals surface area (Å²) >= 11 is 7.58. The summed E-state index contributed by atoms with van der Waals surface area (Å²) in [7, 11) is 4.56. The zero-order valence-electron chi connectivity index (χ0n) is 17.2. The highest BCUT2D eigenvalue weighted by molar-refractivity contribution is 7.15. The fourth-order valence-electron chi connectivity index (χ4n) is 2.98. The molecule has 0 unspecified atom stereocenters. The molecule has 2 aromatic carbocycles. The van der Waals surface area contributed by atoms with Gasteiger partial charge in [0, 0.05) is 34.0 Å². The minimum Gasteiger partial charge on any atom is -0.493 e. The highest BCUT2D eigenvalue weighted by Gasteiger charge is 2.17. The summed E-state index contributed by atoms with van der Waals surface area (Å²) in [5.74, 6) is 1.11. The Morgan fingerprint density at radius 1 is 1.07 bits per heavy atom. The second-order valence-corrected chi connectivity index (χ2v) is 7.97. The highest BCUT2D eigenvalue weighted by Crippen LogP contribution is 2.38. The average Bonchev–Trinajstić information content (AvgIpc) is 3.13. The third kappa shape index (κ3) is 4.86. The molecule has 0 saturated heterocycles. The summed E-state index contributed by atoms with van der Waals surface area (Å²) in [4.78, 5) is 18.4. The van der Waals surface area contributed by atoms with E-state index >= 15 is 0 Å². The normalized spacial score (nSPS) is 10.6. The van der Waals surface area contributed by atoms with Gasteiger partial charge in [-0.05, 0) is 31.2 Å². The van der Waals surface area contributed by atoms with Crippen molar-refractivity contribution in [1.82, 2.24) is 10.3 Å². The maximum Gasteiger partial charge on any atom is 0.251 e. The Morgan fingerprint density at radius 2 is 1.70 bits per heavy atom. The van der Waals surface area contributed by atoms with Crippen LogP contribution in [0.25, 0.3) is 10.6 Å². The number of halogens is 1. The topological polar surface area (TPSA) is 69.7 Å². The van der Waals surface area contributed by atoms with Gasteiger partial charge >= 0.3 is 0 Å². The first-order valence-electron chi connectivity index (χ1n) is 9.27. The van der Waals surface area contributed by atoms with Gasteiger partial charge in [0.05, 0.1) is 27.0 Å². The number of benzene rings is 2. The first-order valence-corrected chi connectivity index (χ1v) is 10.5. The lowest BCUT2D eigenvalue weighted by molar-refractivity contribution is 0.0953. The number of methoxy groups -OCH3 is 3. The van der Waals surface area contributed by atoms with Crippen LogP contribution in [0.3, 0.4) is 0 Å². The maximum absolute atomic E-state index is 12.6. The van der Waals surface area contributed by atoms with Crippen LogP contribution < -0.4 is 19.5 Å². The summed E-state index contributed by atoms with van der Waals surface area (Å²) in [6, 6.07) is 10.9. The molecular formula is C22H23ClN2O4S. The van der Waals surface area contributed by atoms with E-state index < -0.39 is 0 Å². The summed E-state index contributed by atoms with van der Waals surface area (Å²) in [6.07, 6.45) is 0.688. The third-order valence-electron chi connectivity index (χ3n) is 4.55. The van der Waals surface area contributed by atoms with Crippen molar-refractivity contribution in [1.29, 1.82) is 0 Å². The molecule has 1 N–H and O–H groups in total. The van der Waals surface area contributed by atoms with Gasteiger partial charge in [0.2, 0.25) is 5.75 Å². The molecule has 6 nitrogen and oxygen atoms in total. The second-order valence-electron chi connectivity index (χ2n) is 6.45. The van der Waals surface area contributed by atoms with Gasteiger partial charge in [-0.25, -0.2) is 4.98 Å². The number of rotatable bonds is 8. The van der Waals surface area contributed by atoms with Crippen LogP contribution in [0.5, 0.6) is 17.2 Å². The van der Waals surface area contributed by atoms with E-state index in [1.54, 1.807) is 23.5 Å². The molecule has 0 radical (unpaired) electrons. The lowest BCUT2D eigenvalue weighted by Gasteiger charge is -2.14. The van der Waals surface area contributed by atoms with E-state index in [0.29, 0.717) is 40.8 Å². The largest absolute Gasteiger partial charge is 0.493 e. The number of aryl methyl sites for hydroxylation is 1. The minimum absolute atomic E-state index is 0.214. The zero-order valence-corrected chi connectivity index (χ0v) is 18.8. The number of hydrogen-bond donors (Lipinski definition) is 1. The molecule has 0 bridgehead atoms. The van der Waals surface area contributed by atoms with Gasteiger partial charge in [0.1, 0.15) is 5.01 Å². The van der Waals surface area contributed by atoms with Gasteiger partial charge < -0.3 is 19.5 Å². The summed E-state index contributed by atoms with van der Waals surface area (Å²) in [5.41, 5.74) is 2.43. The predicted octanol–water partition coefficient (Wildman–Crippen LogP) is 4.77. The van der Waals surface area contributed by atoms with Crippen molar-refractivity contribution >= 4 is 28.8 Å². The van der Waals surface area contributed by atoms with Crippen molar-refractivity contribution in [2.45, 2.75) is 13.3 Å². The monoisotopic (exact) mass is 446 g/mol. The molecule has 158 valence electrons. The van der Waals surface area contributed by atoms with Gasteiger partial charge in [-0.2, -0.15) is 0 Å². The average molecular weight is 447 g/mol. The van der Waals surface area contributed by atoms with Gasteiger partial charge in [0.25, 0.3) is 5.91 Å². The van der Waals surface area contributed by atoms with E-state index in [2.05, 4.69) is 10.3 Å². The number of ether oxygens (including phenoxy) is 3. The third-order valence-corrected chi connectivity index (χ3v) is 6.07. The Bertz CT molecular complexity index is 1010. The summed E-state index contributed by atoms with van der Waals surface area (Å²) in [5, 5.41) is 4.58. The maximum atomic E-state index is 12.6. The van der Waals surface area contributed by atoms with Crippen LogP contribution in [0.15, 0.2) is 36.4 Å². The second kappa shape index (κ2) is 9.82. The first-order chi connectivity index (χ1) is 14.5. The van der Waals surface area contributed by atoms with E-state index in [9.17, 15) is 4.79 Å². The Kier molecular flexibility index (Phi) is 7.18. The molecule has 0 aliphatic rings. The molecule has 0 spiro atoms. The number of amides is 1. The van der Waals surface area contributed by atoms with Crippen molar-refractivity contribution in [2.75, 3.05) is 27.9 Å². The number of carbonyl (C=O) groups excluding carboxylic acids is 1. The molecule has 1 aromatic heterocycles. The van der Waals surface area contributed by atoms with Gasteiger partial charge in [-0.3, -0.25) is 4.79 Å². The number of thiazole rings is 1. The Labute approximate surface area is 184 Å². The van der Waals surface area contributed by atoms with Crippen molar-refractivity contribution in [2.24, 2.45) is 0 Å². The van der Waals surface area contributed by atoms with Gasteiger partial charge in [-0.1, -0.05) is 23.7 Å². The van der Waals surface area contributed by atoms with Crippen molar-refractivity contribution in [3.05, 3.63) is 57.6 Å². The number of nitrogens with one attached hydrogen (secondary N) is 1.